The molecule has 1 saturated heterocycles. The molecule has 0 bridgehead atoms. The number of hydrogen-bond acceptors (Lipinski definition) is 5. The standard InChI is InChI=1S/C14H24N4O2.ClH/c1-3-4-13(15)14(19)18-7-5-17(6-8-18)10-12-9-11(2)20-16-12;/h9,13H,3-8,10,15H2,1-2H3;1H. The molecule has 6 nitrogen and oxygen atoms in total. The normalized spacial score (nSPS) is 17.4. The molecule has 1 aromatic heterocycles. The quantitative estimate of drug-likeness (QED) is 0.882. The van der Waals surface area contributed by atoms with Gasteiger partial charge in [0.05, 0.1) is 11.7 Å². The topological polar surface area (TPSA) is 75.6 Å². The zero-order chi connectivity index (χ0) is 14.5. The molecule has 0 aromatic carbocycles. The second-order valence-electron chi connectivity index (χ2n) is 5.43. The summed E-state index contributed by atoms with van der Waals surface area (Å²) in [4.78, 5) is 16.3. The van der Waals surface area contributed by atoms with Gasteiger partial charge in [-0.25, -0.2) is 0 Å². The van der Waals surface area contributed by atoms with Gasteiger partial charge in [-0.15, -0.1) is 12.4 Å². The van der Waals surface area contributed by atoms with E-state index in [1.807, 2.05) is 24.8 Å². The third kappa shape index (κ3) is 4.98. The first-order valence-corrected chi connectivity index (χ1v) is 7.29. The van der Waals surface area contributed by atoms with E-state index < -0.39 is 0 Å². The fraction of sp³-hybridized carbons (Fsp3) is 0.714. The van der Waals surface area contributed by atoms with Crippen molar-refractivity contribution in [2.75, 3.05) is 26.2 Å². The van der Waals surface area contributed by atoms with E-state index in [9.17, 15) is 4.79 Å². The molecule has 1 aromatic rings. The molecule has 1 unspecified atom stereocenters. The van der Waals surface area contributed by atoms with Crippen molar-refractivity contribution in [3.63, 3.8) is 0 Å². The summed E-state index contributed by atoms with van der Waals surface area (Å²) in [5.41, 5.74) is 6.84. The Morgan fingerprint density at radius 1 is 1.43 bits per heavy atom. The number of rotatable bonds is 5. The van der Waals surface area contributed by atoms with Gasteiger partial charge in [0.25, 0.3) is 0 Å². The summed E-state index contributed by atoms with van der Waals surface area (Å²) in [5.74, 6) is 0.920. The van der Waals surface area contributed by atoms with Crippen molar-refractivity contribution >= 4 is 18.3 Å². The van der Waals surface area contributed by atoms with Crippen molar-refractivity contribution in [2.45, 2.75) is 39.3 Å². The molecule has 120 valence electrons. The maximum atomic E-state index is 12.1. The Labute approximate surface area is 132 Å². The molecule has 0 spiro atoms. The highest BCUT2D eigenvalue weighted by molar-refractivity contribution is 5.85. The van der Waals surface area contributed by atoms with Crippen LogP contribution >= 0.6 is 12.4 Å². The summed E-state index contributed by atoms with van der Waals surface area (Å²) in [6, 6.07) is 1.61. The van der Waals surface area contributed by atoms with Crippen molar-refractivity contribution in [3.8, 4) is 0 Å². The van der Waals surface area contributed by atoms with Crippen LogP contribution in [0.15, 0.2) is 10.6 Å². The third-order valence-corrected chi connectivity index (χ3v) is 3.66. The lowest BCUT2D eigenvalue weighted by Crippen LogP contribution is -2.52. The minimum Gasteiger partial charge on any atom is -0.361 e. The Bertz CT molecular complexity index is 444. The number of piperazine rings is 1. The molecule has 1 aliphatic rings. The van der Waals surface area contributed by atoms with Crippen LogP contribution in [0.5, 0.6) is 0 Å². The summed E-state index contributed by atoms with van der Waals surface area (Å²) in [6.45, 7) is 7.92. The SMILES string of the molecule is CCCC(N)C(=O)N1CCN(Cc2cc(C)on2)CC1.Cl. The highest BCUT2D eigenvalue weighted by Crippen LogP contribution is 2.10. The number of halogens is 1. The van der Waals surface area contributed by atoms with E-state index in [4.69, 9.17) is 10.3 Å². The fourth-order valence-corrected chi connectivity index (χ4v) is 2.52. The maximum absolute atomic E-state index is 12.1. The number of nitrogens with zero attached hydrogens (tertiary/aromatic N) is 3. The zero-order valence-corrected chi connectivity index (χ0v) is 13.6. The third-order valence-electron chi connectivity index (χ3n) is 3.66. The first kappa shape index (κ1) is 17.9. The number of amides is 1. The number of nitrogens with two attached hydrogens (primary N) is 1. The largest absolute Gasteiger partial charge is 0.361 e. The second-order valence-corrected chi connectivity index (χ2v) is 5.43. The number of hydrogen-bond donors (Lipinski definition) is 1. The van der Waals surface area contributed by atoms with Crippen LogP contribution in [-0.4, -0.2) is 53.1 Å². The number of carbonyl (C=O) groups is 1. The molecule has 2 N–H and O–H groups in total. The van der Waals surface area contributed by atoms with Gasteiger partial charge in [0.2, 0.25) is 5.91 Å². The molecule has 0 saturated carbocycles. The van der Waals surface area contributed by atoms with Crippen LogP contribution in [0.1, 0.15) is 31.2 Å². The van der Waals surface area contributed by atoms with E-state index in [1.54, 1.807) is 0 Å². The molecule has 0 radical (unpaired) electrons. The molecule has 21 heavy (non-hydrogen) atoms. The van der Waals surface area contributed by atoms with E-state index in [2.05, 4.69) is 10.1 Å². The van der Waals surface area contributed by atoms with Gasteiger partial charge in [-0.05, 0) is 13.3 Å². The van der Waals surface area contributed by atoms with Crippen LogP contribution in [0.25, 0.3) is 0 Å². The van der Waals surface area contributed by atoms with E-state index >= 15 is 0 Å². The Balaban J connectivity index is 0.00000220. The number of aryl methyl sites for hydroxylation is 1. The Hall–Kier alpha value is -1.11. The van der Waals surface area contributed by atoms with Gasteiger partial charge in [0.1, 0.15) is 5.76 Å². The zero-order valence-electron chi connectivity index (χ0n) is 12.7. The minimum atomic E-state index is -0.343. The second kappa shape index (κ2) is 8.36. The lowest BCUT2D eigenvalue weighted by molar-refractivity contribution is -0.134. The number of carbonyl (C=O) groups excluding carboxylic acids is 1. The van der Waals surface area contributed by atoms with Crippen molar-refractivity contribution in [1.82, 2.24) is 15.0 Å². The van der Waals surface area contributed by atoms with Crippen molar-refractivity contribution in [3.05, 3.63) is 17.5 Å². The highest BCUT2D eigenvalue weighted by Gasteiger charge is 2.25. The summed E-state index contributed by atoms with van der Waals surface area (Å²) in [7, 11) is 0. The van der Waals surface area contributed by atoms with E-state index in [-0.39, 0.29) is 24.4 Å². The van der Waals surface area contributed by atoms with Crippen molar-refractivity contribution in [2.24, 2.45) is 5.73 Å². The van der Waals surface area contributed by atoms with E-state index in [0.29, 0.717) is 0 Å². The molecule has 1 atom stereocenters. The van der Waals surface area contributed by atoms with Gasteiger partial charge in [0.15, 0.2) is 0 Å². The Kier molecular flexibility index (Phi) is 7.14. The molecule has 1 aliphatic heterocycles. The lowest BCUT2D eigenvalue weighted by atomic mass is 10.1. The van der Waals surface area contributed by atoms with E-state index in [0.717, 1.165) is 57.0 Å². The van der Waals surface area contributed by atoms with Crippen LogP contribution in [0.2, 0.25) is 0 Å². The molecule has 1 fully saturated rings. The van der Waals surface area contributed by atoms with Crippen LogP contribution in [0.4, 0.5) is 0 Å². The van der Waals surface area contributed by atoms with Gasteiger partial charge in [-0.3, -0.25) is 9.69 Å². The monoisotopic (exact) mass is 316 g/mol. The summed E-state index contributed by atoms with van der Waals surface area (Å²) in [5, 5.41) is 4.00. The van der Waals surface area contributed by atoms with Gasteiger partial charge in [-0.2, -0.15) is 0 Å². The molecule has 0 aliphatic carbocycles. The van der Waals surface area contributed by atoms with Crippen molar-refractivity contribution in [1.29, 1.82) is 0 Å². The highest BCUT2D eigenvalue weighted by atomic mass is 35.5. The van der Waals surface area contributed by atoms with E-state index in [1.165, 1.54) is 0 Å². The maximum Gasteiger partial charge on any atom is 0.239 e. The summed E-state index contributed by atoms with van der Waals surface area (Å²) < 4.78 is 5.07. The first-order valence-electron chi connectivity index (χ1n) is 7.29. The van der Waals surface area contributed by atoms with Crippen LogP contribution in [-0.2, 0) is 11.3 Å². The van der Waals surface area contributed by atoms with Crippen molar-refractivity contribution < 1.29 is 9.32 Å². The smallest absolute Gasteiger partial charge is 0.239 e. The van der Waals surface area contributed by atoms with Gasteiger partial charge in [-0.1, -0.05) is 18.5 Å². The predicted octanol–water partition coefficient (Wildman–Crippen LogP) is 1.18. The summed E-state index contributed by atoms with van der Waals surface area (Å²) >= 11 is 0. The van der Waals surface area contributed by atoms with Crippen LogP contribution < -0.4 is 5.73 Å². The molecular weight excluding hydrogens is 292 g/mol. The number of aromatic nitrogens is 1. The summed E-state index contributed by atoms with van der Waals surface area (Å²) in [6.07, 6.45) is 1.70. The predicted molar refractivity (Wildman–Crippen MR) is 83.2 cm³/mol. The molecule has 1 amide bonds. The van der Waals surface area contributed by atoms with Gasteiger partial charge < -0.3 is 15.2 Å². The van der Waals surface area contributed by atoms with Gasteiger partial charge in [0, 0.05) is 38.8 Å². The molecule has 2 heterocycles. The average molecular weight is 317 g/mol. The first-order chi connectivity index (χ1) is 9.60. The van der Waals surface area contributed by atoms with Gasteiger partial charge >= 0.3 is 0 Å². The molecule has 2 rings (SSSR count). The Morgan fingerprint density at radius 3 is 2.62 bits per heavy atom. The average Bonchev–Trinajstić information content (AvgIpc) is 2.84. The lowest BCUT2D eigenvalue weighted by Gasteiger charge is -2.35. The fourth-order valence-electron chi connectivity index (χ4n) is 2.52. The molecule has 7 heteroatoms. The minimum absolute atomic E-state index is 0. The Morgan fingerprint density at radius 2 is 2.10 bits per heavy atom. The molecular formula is C14H25ClN4O2. The van der Waals surface area contributed by atoms with Crippen LogP contribution in [0.3, 0.4) is 0 Å². The van der Waals surface area contributed by atoms with Crippen LogP contribution in [0, 0.1) is 6.92 Å².